The van der Waals surface area contributed by atoms with Gasteiger partial charge in [0.2, 0.25) is 0 Å². The summed E-state index contributed by atoms with van der Waals surface area (Å²) >= 11 is 7.59. The Morgan fingerprint density at radius 3 is 2.61 bits per heavy atom. The number of nitrogens with zero attached hydrogens (tertiary/aromatic N) is 1. The monoisotopic (exact) mass is 450 g/mol. The highest BCUT2D eigenvalue weighted by atomic mass is 35.5. The van der Waals surface area contributed by atoms with Crippen LogP contribution >= 0.6 is 22.9 Å². The molecule has 0 saturated carbocycles. The van der Waals surface area contributed by atoms with Gasteiger partial charge in [-0.15, -0.1) is 11.3 Å². The molecule has 0 spiro atoms. The first-order valence-corrected chi connectivity index (χ1v) is 10.7. The number of hydrogen-bond donors (Lipinski definition) is 3. The number of hydrogen-bond acceptors (Lipinski definition) is 5. The summed E-state index contributed by atoms with van der Waals surface area (Å²) in [4.78, 5) is 29.6. The quantitative estimate of drug-likeness (QED) is 0.369. The summed E-state index contributed by atoms with van der Waals surface area (Å²) in [6, 6.07) is 14.8. The van der Waals surface area contributed by atoms with Crippen LogP contribution in [0, 0.1) is 6.92 Å². The van der Waals surface area contributed by atoms with Crippen molar-refractivity contribution in [2.45, 2.75) is 6.92 Å². The van der Waals surface area contributed by atoms with Gasteiger partial charge in [-0.1, -0.05) is 29.8 Å². The number of rotatable bonds is 5. The van der Waals surface area contributed by atoms with E-state index in [0.29, 0.717) is 27.7 Å². The molecule has 2 aromatic carbocycles. The van der Waals surface area contributed by atoms with Gasteiger partial charge in [0.1, 0.15) is 0 Å². The van der Waals surface area contributed by atoms with Crippen LogP contribution in [-0.2, 0) is 0 Å². The summed E-state index contributed by atoms with van der Waals surface area (Å²) in [6.07, 6.45) is 1.47. The van der Waals surface area contributed by atoms with E-state index < -0.39 is 0 Å². The second kappa shape index (κ2) is 8.75. The van der Waals surface area contributed by atoms with E-state index in [2.05, 4.69) is 20.9 Å². The summed E-state index contributed by atoms with van der Waals surface area (Å²) < 4.78 is 0.963. The van der Waals surface area contributed by atoms with Crippen LogP contribution in [0.2, 0.25) is 5.02 Å². The van der Waals surface area contributed by atoms with E-state index in [4.69, 9.17) is 11.6 Å². The molecule has 0 aliphatic carbocycles. The van der Waals surface area contributed by atoms with Gasteiger partial charge in [-0.2, -0.15) is 0 Å². The summed E-state index contributed by atoms with van der Waals surface area (Å²) in [7, 11) is 1.54. The van der Waals surface area contributed by atoms with Gasteiger partial charge in [0.25, 0.3) is 11.8 Å². The summed E-state index contributed by atoms with van der Waals surface area (Å²) in [5.41, 5.74) is 3.12. The average Bonchev–Trinajstić information content (AvgIpc) is 3.19. The van der Waals surface area contributed by atoms with Gasteiger partial charge in [-0.05, 0) is 42.8 Å². The highest BCUT2D eigenvalue weighted by Crippen LogP contribution is 2.31. The van der Waals surface area contributed by atoms with Crippen LogP contribution < -0.4 is 16.0 Å². The van der Waals surface area contributed by atoms with Crippen molar-refractivity contribution in [3.05, 3.63) is 81.8 Å². The number of fused-ring (bicyclic) bond motifs is 1. The lowest BCUT2D eigenvalue weighted by Crippen LogP contribution is -2.19. The molecule has 6 nitrogen and oxygen atoms in total. The van der Waals surface area contributed by atoms with Crippen LogP contribution in [0.25, 0.3) is 10.1 Å². The van der Waals surface area contributed by atoms with E-state index in [1.54, 1.807) is 30.6 Å². The first kappa shape index (κ1) is 20.8. The molecule has 4 aromatic rings. The van der Waals surface area contributed by atoms with Gasteiger partial charge in [-0.3, -0.25) is 9.59 Å². The van der Waals surface area contributed by atoms with E-state index in [1.165, 1.54) is 17.5 Å². The number of halogens is 1. The number of pyridine rings is 1. The Hall–Kier alpha value is -3.42. The van der Waals surface area contributed by atoms with Gasteiger partial charge in [-0.25, -0.2) is 4.98 Å². The average molecular weight is 451 g/mol. The SMILES string of the molecule is CNC(=O)c1cnc(Nc2ccccc2C)c(NC(=O)c2csc3ccc(Cl)cc23)c1. The van der Waals surface area contributed by atoms with Gasteiger partial charge in [0.15, 0.2) is 5.82 Å². The number of anilines is 3. The molecule has 3 N–H and O–H groups in total. The number of thiophene rings is 1. The van der Waals surface area contributed by atoms with Crippen molar-refractivity contribution >= 4 is 62.0 Å². The molecule has 0 unspecified atom stereocenters. The van der Waals surface area contributed by atoms with Crippen LogP contribution in [0.15, 0.2) is 60.1 Å². The fraction of sp³-hybridized carbons (Fsp3) is 0.0870. The lowest BCUT2D eigenvalue weighted by Gasteiger charge is -2.15. The third kappa shape index (κ3) is 4.38. The minimum Gasteiger partial charge on any atom is -0.355 e. The molecular formula is C23H19ClN4O2S. The molecule has 0 saturated heterocycles. The van der Waals surface area contributed by atoms with Crippen LogP contribution in [0.1, 0.15) is 26.3 Å². The number of carbonyl (C=O) groups excluding carboxylic acids is 2. The summed E-state index contributed by atoms with van der Waals surface area (Å²) in [5, 5.41) is 11.9. The van der Waals surface area contributed by atoms with Crippen molar-refractivity contribution in [2.24, 2.45) is 0 Å². The van der Waals surface area contributed by atoms with Crippen molar-refractivity contribution in [1.82, 2.24) is 10.3 Å². The lowest BCUT2D eigenvalue weighted by molar-refractivity contribution is 0.0961. The summed E-state index contributed by atoms with van der Waals surface area (Å²) in [5.74, 6) is -0.164. The Labute approximate surface area is 188 Å². The largest absolute Gasteiger partial charge is 0.355 e. The standard InChI is InChI=1S/C23H19ClN4O2S/c1-13-5-3-4-6-18(13)27-21-19(9-14(11-26-21)22(29)25-2)28-23(30)17-12-31-20-8-7-15(24)10-16(17)20/h3-12H,1-2H3,(H,25,29)(H,26,27)(H,28,30). The number of benzene rings is 2. The molecule has 0 aliphatic heterocycles. The van der Waals surface area contributed by atoms with E-state index >= 15 is 0 Å². The van der Waals surface area contributed by atoms with Crippen LogP contribution in [0.4, 0.5) is 17.2 Å². The second-order valence-corrected chi connectivity index (χ2v) is 8.23. The maximum absolute atomic E-state index is 13.1. The molecule has 31 heavy (non-hydrogen) atoms. The number of nitrogens with one attached hydrogen (secondary N) is 3. The normalized spacial score (nSPS) is 10.7. The third-order valence-electron chi connectivity index (χ3n) is 4.80. The number of amides is 2. The maximum Gasteiger partial charge on any atom is 0.257 e. The zero-order valence-electron chi connectivity index (χ0n) is 16.8. The fourth-order valence-electron chi connectivity index (χ4n) is 3.14. The lowest BCUT2D eigenvalue weighted by atomic mass is 10.1. The van der Waals surface area contributed by atoms with Crippen LogP contribution in [-0.4, -0.2) is 23.8 Å². The van der Waals surface area contributed by atoms with E-state index in [0.717, 1.165) is 21.3 Å². The van der Waals surface area contributed by atoms with Gasteiger partial charge < -0.3 is 16.0 Å². The first-order valence-electron chi connectivity index (χ1n) is 9.49. The minimum atomic E-state index is -0.308. The van der Waals surface area contributed by atoms with Crippen LogP contribution in [0.3, 0.4) is 0 Å². The van der Waals surface area contributed by atoms with Crippen molar-refractivity contribution in [3.63, 3.8) is 0 Å². The third-order valence-corrected chi connectivity index (χ3v) is 6.00. The Balaban J connectivity index is 1.72. The Morgan fingerprint density at radius 1 is 1.03 bits per heavy atom. The summed E-state index contributed by atoms with van der Waals surface area (Å²) in [6.45, 7) is 1.97. The fourth-order valence-corrected chi connectivity index (χ4v) is 4.23. The van der Waals surface area contributed by atoms with Crippen molar-refractivity contribution < 1.29 is 9.59 Å². The van der Waals surface area contributed by atoms with Gasteiger partial charge in [0.05, 0.1) is 16.8 Å². The molecule has 0 radical (unpaired) electrons. The predicted octanol–water partition coefficient (Wildman–Crippen LogP) is 5.61. The zero-order chi connectivity index (χ0) is 22.0. The Morgan fingerprint density at radius 2 is 1.84 bits per heavy atom. The molecular weight excluding hydrogens is 432 g/mol. The molecule has 2 amide bonds. The van der Waals surface area contributed by atoms with E-state index in [-0.39, 0.29) is 11.8 Å². The van der Waals surface area contributed by atoms with Crippen molar-refractivity contribution in [3.8, 4) is 0 Å². The minimum absolute atomic E-state index is 0.293. The predicted molar refractivity (Wildman–Crippen MR) is 127 cm³/mol. The topological polar surface area (TPSA) is 83.1 Å². The Bertz CT molecular complexity index is 1300. The second-order valence-electron chi connectivity index (χ2n) is 6.88. The van der Waals surface area contributed by atoms with Gasteiger partial charge >= 0.3 is 0 Å². The molecule has 2 aromatic heterocycles. The van der Waals surface area contributed by atoms with Crippen molar-refractivity contribution in [2.75, 3.05) is 17.7 Å². The number of para-hydroxylation sites is 1. The number of carbonyl (C=O) groups is 2. The number of aryl methyl sites for hydroxylation is 1. The highest BCUT2D eigenvalue weighted by molar-refractivity contribution is 7.17. The highest BCUT2D eigenvalue weighted by Gasteiger charge is 2.17. The molecule has 4 rings (SSSR count). The Kier molecular flexibility index (Phi) is 5.88. The smallest absolute Gasteiger partial charge is 0.257 e. The zero-order valence-corrected chi connectivity index (χ0v) is 18.4. The molecule has 0 atom stereocenters. The molecule has 8 heteroatoms. The van der Waals surface area contributed by atoms with Gasteiger partial charge in [0, 0.05) is 39.4 Å². The van der Waals surface area contributed by atoms with Crippen LogP contribution in [0.5, 0.6) is 0 Å². The number of aromatic nitrogens is 1. The maximum atomic E-state index is 13.1. The molecule has 2 heterocycles. The molecule has 156 valence electrons. The molecule has 0 aliphatic rings. The van der Waals surface area contributed by atoms with E-state index in [9.17, 15) is 9.59 Å². The van der Waals surface area contributed by atoms with E-state index in [1.807, 2.05) is 37.3 Å². The molecule has 0 bridgehead atoms. The van der Waals surface area contributed by atoms with Crippen molar-refractivity contribution in [1.29, 1.82) is 0 Å². The first-order chi connectivity index (χ1) is 15.0. The molecule has 0 fully saturated rings.